The summed E-state index contributed by atoms with van der Waals surface area (Å²) >= 11 is 0. The molecule has 0 unspecified atom stereocenters. The van der Waals surface area contributed by atoms with E-state index in [1.54, 1.807) is 0 Å². The van der Waals surface area contributed by atoms with Crippen LogP contribution < -0.4 is 0 Å². The first-order chi connectivity index (χ1) is 23.9. The van der Waals surface area contributed by atoms with Crippen molar-refractivity contribution in [2.75, 3.05) is 0 Å². The Bertz CT molecular complexity index is 2580. The van der Waals surface area contributed by atoms with Gasteiger partial charge in [0.1, 0.15) is 0 Å². The minimum atomic E-state index is -0.258. The van der Waals surface area contributed by atoms with Crippen LogP contribution >= 0.6 is 0 Å². The normalized spacial score (nSPS) is 14.9. The fraction of sp³-hybridized carbons (Fsp3) is 0.130. The Morgan fingerprint density at radius 2 is 0.959 bits per heavy atom. The maximum absolute atomic E-state index is 5.42. The molecule has 49 heavy (non-hydrogen) atoms. The Labute approximate surface area is 286 Å². The van der Waals surface area contributed by atoms with E-state index >= 15 is 0 Å². The topological polar surface area (TPSA) is 30.7 Å². The predicted molar refractivity (Wildman–Crippen MR) is 202 cm³/mol. The molecule has 234 valence electrons. The SMILES string of the molecule is CC1(C)c2ccccc2-c2c3c(c4c(c21)c1ccccc1n4-c1nc(-c2ccccc2)cc(-c2ccccc2)n1)C(C)(C)c1ccccc1-3. The molecule has 0 aliphatic heterocycles. The van der Waals surface area contributed by atoms with Crippen LogP contribution in [0.25, 0.3) is 72.5 Å². The zero-order valence-corrected chi connectivity index (χ0v) is 28.1. The van der Waals surface area contributed by atoms with Gasteiger partial charge in [-0.15, -0.1) is 0 Å². The third-order valence-corrected chi connectivity index (χ3v) is 11.2. The van der Waals surface area contributed by atoms with Crippen LogP contribution in [-0.4, -0.2) is 14.5 Å². The second-order valence-corrected chi connectivity index (χ2v) is 14.6. The van der Waals surface area contributed by atoms with E-state index in [1.807, 2.05) is 0 Å². The smallest absolute Gasteiger partial charge is 0.235 e. The van der Waals surface area contributed by atoms with E-state index in [4.69, 9.17) is 9.97 Å². The highest BCUT2D eigenvalue weighted by molar-refractivity contribution is 6.20. The monoisotopic (exact) mass is 629 g/mol. The van der Waals surface area contributed by atoms with Gasteiger partial charge >= 0.3 is 0 Å². The minimum Gasteiger partial charge on any atom is -0.278 e. The molecule has 0 atom stereocenters. The first-order valence-corrected chi connectivity index (χ1v) is 17.2. The molecule has 2 heterocycles. The summed E-state index contributed by atoms with van der Waals surface area (Å²) in [6.45, 7) is 9.60. The summed E-state index contributed by atoms with van der Waals surface area (Å²) in [5.74, 6) is 0.689. The quantitative estimate of drug-likeness (QED) is 0.195. The molecule has 3 nitrogen and oxygen atoms in total. The van der Waals surface area contributed by atoms with Crippen molar-refractivity contribution in [1.29, 1.82) is 0 Å². The maximum Gasteiger partial charge on any atom is 0.235 e. The molecule has 8 aromatic rings. The van der Waals surface area contributed by atoms with Crippen molar-refractivity contribution in [1.82, 2.24) is 14.5 Å². The van der Waals surface area contributed by atoms with Crippen LogP contribution in [0.2, 0.25) is 0 Å². The van der Waals surface area contributed by atoms with Crippen LogP contribution in [0, 0.1) is 0 Å². The zero-order chi connectivity index (χ0) is 33.1. The zero-order valence-electron chi connectivity index (χ0n) is 28.1. The number of hydrogen-bond acceptors (Lipinski definition) is 2. The van der Waals surface area contributed by atoms with E-state index < -0.39 is 0 Å². The van der Waals surface area contributed by atoms with Crippen LogP contribution in [0.15, 0.2) is 140 Å². The largest absolute Gasteiger partial charge is 0.278 e. The van der Waals surface area contributed by atoms with Gasteiger partial charge in [0.15, 0.2) is 0 Å². The van der Waals surface area contributed by atoms with Gasteiger partial charge in [0.05, 0.1) is 22.4 Å². The van der Waals surface area contributed by atoms with Gasteiger partial charge in [0, 0.05) is 32.7 Å². The van der Waals surface area contributed by atoms with Gasteiger partial charge < -0.3 is 0 Å². The second kappa shape index (κ2) is 9.87. The van der Waals surface area contributed by atoms with Crippen molar-refractivity contribution in [3.05, 3.63) is 162 Å². The molecule has 0 spiro atoms. The van der Waals surface area contributed by atoms with Crippen LogP contribution in [0.4, 0.5) is 0 Å². The Hall–Kier alpha value is -5.80. The molecule has 0 saturated carbocycles. The first-order valence-electron chi connectivity index (χ1n) is 17.2. The third-order valence-electron chi connectivity index (χ3n) is 11.2. The van der Waals surface area contributed by atoms with Crippen LogP contribution in [0.5, 0.6) is 0 Å². The van der Waals surface area contributed by atoms with Crippen molar-refractivity contribution in [2.45, 2.75) is 38.5 Å². The Balaban J connectivity index is 1.43. The van der Waals surface area contributed by atoms with Crippen molar-refractivity contribution in [2.24, 2.45) is 0 Å². The fourth-order valence-corrected chi connectivity index (χ4v) is 9.01. The highest BCUT2D eigenvalue weighted by Crippen LogP contribution is 2.63. The summed E-state index contributed by atoms with van der Waals surface area (Å²) < 4.78 is 2.38. The van der Waals surface area contributed by atoms with E-state index in [0.29, 0.717) is 5.95 Å². The number of benzene rings is 6. The number of rotatable bonds is 3. The van der Waals surface area contributed by atoms with Gasteiger partial charge in [0.2, 0.25) is 5.95 Å². The van der Waals surface area contributed by atoms with Crippen molar-refractivity contribution >= 4 is 21.8 Å². The highest BCUT2D eigenvalue weighted by Gasteiger charge is 2.47. The average molecular weight is 630 g/mol. The number of aromatic nitrogens is 3. The van der Waals surface area contributed by atoms with Gasteiger partial charge in [-0.2, -0.15) is 0 Å². The minimum absolute atomic E-state index is 0.211. The lowest BCUT2D eigenvalue weighted by atomic mass is 9.76. The number of nitrogens with zero attached hydrogens (tertiary/aromatic N) is 3. The summed E-state index contributed by atoms with van der Waals surface area (Å²) in [5.41, 5.74) is 16.7. The summed E-state index contributed by atoms with van der Waals surface area (Å²) in [6, 6.07) is 50.1. The van der Waals surface area contributed by atoms with Gasteiger partial charge in [0.25, 0.3) is 0 Å². The molecular formula is C46H35N3. The van der Waals surface area contributed by atoms with Crippen LogP contribution in [-0.2, 0) is 10.8 Å². The Kier molecular flexibility index (Phi) is 5.69. The number of para-hydroxylation sites is 1. The molecule has 10 rings (SSSR count). The van der Waals surface area contributed by atoms with Crippen molar-refractivity contribution < 1.29 is 0 Å². The lowest BCUT2D eigenvalue weighted by molar-refractivity contribution is 0.658. The van der Waals surface area contributed by atoms with E-state index in [0.717, 1.165) is 28.0 Å². The molecular weight excluding hydrogens is 595 g/mol. The molecule has 2 aliphatic carbocycles. The summed E-state index contributed by atoms with van der Waals surface area (Å²) in [7, 11) is 0. The second-order valence-electron chi connectivity index (χ2n) is 14.6. The molecule has 2 aliphatic rings. The molecule has 3 heteroatoms. The average Bonchev–Trinajstić information content (AvgIpc) is 3.69. The molecule has 0 N–H and O–H groups in total. The van der Waals surface area contributed by atoms with E-state index in [2.05, 4.69) is 172 Å². The highest BCUT2D eigenvalue weighted by atomic mass is 15.2. The number of fused-ring (bicyclic) bond motifs is 12. The standard InChI is InChI=1S/C46H35N3/c1-45(2)33-24-14-11-21-30(33)38-39-31-22-12-15-25-34(31)46(3,4)42(39)43-40(41(38)45)32-23-13-16-26-37(32)49(43)44-47-35(28-17-7-5-8-18-28)27-36(48-44)29-19-9-6-10-20-29/h5-27H,1-4H3. The van der Waals surface area contributed by atoms with Gasteiger partial charge in [-0.3, -0.25) is 4.57 Å². The van der Waals surface area contributed by atoms with Gasteiger partial charge in [-0.25, -0.2) is 9.97 Å². The van der Waals surface area contributed by atoms with Gasteiger partial charge in [-0.1, -0.05) is 155 Å². The molecule has 6 aromatic carbocycles. The Morgan fingerprint density at radius 3 is 1.55 bits per heavy atom. The molecule has 0 saturated heterocycles. The Morgan fingerprint density at radius 1 is 0.490 bits per heavy atom. The molecule has 0 radical (unpaired) electrons. The molecule has 0 fully saturated rings. The molecule has 0 amide bonds. The summed E-state index contributed by atoms with van der Waals surface area (Å²) in [5, 5.41) is 2.54. The molecule has 2 aromatic heterocycles. The summed E-state index contributed by atoms with van der Waals surface area (Å²) in [4.78, 5) is 10.8. The lowest BCUT2D eigenvalue weighted by Gasteiger charge is -2.27. The summed E-state index contributed by atoms with van der Waals surface area (Å²) in [6.07, 6.45) is 0. The van der Waals surface area contributed by atoms with Crippen LogP contribution in [0.1, 0.15) is 49.9 Å². The first kappa shape index (κ1) is 28.2. The predicted octanol–water partition coefficient (Wildman–Crippen LogP) is 11.5. The van der Waals surface area contributed by atoms with Crippen molar-refractivity contribution in [3.63, 3.8) is 0 Å². The fourth-order valence-electron chi connectivity index (χ4n) is 9.01. The van der Waals surface area contributed by atoms with Gasteiger partial charge in [-0.05, 0) is 56.6 Å². The van der Waals surface area contributed by atoms with E-state index in [-0.39, 0.29) is 10.8 Å². The lowest BCUT2D eigenvalue weighted by Crippen LogP contribution is -2.19. The van der Waals surface area contributed by atoms with E-state index in [1.165, 1.54) is 60.8 Å². The van der Waals surface area contributed by atoms with E-state index in [9.17, 15) is 0 Å². The number of hydrogen-bond donors (Lipinski definition) is 0. The third kappa shape index (κ3) is 3.73. The van der Waals surface area contributed by atoms with Crippen molar-refractivity contribution in [3.8, 4) is 50.7 Å². The van der Waals surface area contributed by atoms with Crippen LogP contribution in [0.3, 0.4) is 0 Å². The molecule has 0 bridgehead atoms. The maximum atomic E-state index is 5.42.